The lowest BCUT2D eigenvalue weighted by Crippen LogP contribution is -2.46. The van der Waals surface area contributed by atoms with E-state index in [9.17, 15) is 19.4 Å². The number of nitrogens with zero attached hydrogens (tertiary/aromatic N) is 1. The van der Waals surface area contributed by atoms with Crippen LogP contribution in [0.25, 0.3) is 0 Å². The van der Waals surface area contributed by atoms with Gasteiger partial charge in [0.1, 0.15) is 13.2 Å². The Balaban J connectivity index is 4.04. The fraction of sp³-hybridized carbons (Fsp3) is 0.955. The molecule has 0 rings (SSSR count). The number of aliphatic hydroxyl groups excluding tert-OH is 1. The summed E-state index contributed by atoms with van der Waals surface area (Å²) in [5.74, 6) is -0.137. The predicted molar refractivity (Wildman–Crippen MR) is 328 cm³/mol. The van der Waals surface area contributed by atoms with Crippen molar-refractivity contribution < 1.29 is 32.9 Å². The van der Waals surface area contributed by atoms with Crippen LogP contribution in [0.15, 0.2) is 12.2 Å². The number of aliphatic hydroxyl groups is 1. The highest BCUT2D eigenvalue weighted by atomic mass is 31.2. The number of carbonyl (C=O) groups is 1. The summed E-state index contributed by atoms with van der Waals surface area (Å²) in [7, 11) is 1.64. The Morgan fingerprint density at radius 3 is 1.03 bits per heavy atom. The van der Waals surface area contributed by atoms with Gasteiger partial charge in [-0.1, -0.05) is 321 Å². The normalized spacial score (nSPS) is 13.7. The van der Waals surface area contributed by atoms with Crippen molar-refractivity contribution in [3.05, 3.63) is 12.2 Å². The number of likely N-dealkylation sites (N-methyl/N-ethyl adjacent to an activating group) is 1. The topological polar surface area (TPSA) is 105 Å². The summed E-state index contributed by atoms with van der Waals surface area (Å²) >= 11 is 0. The van der Waals surface area contributed by atoms with E-state index in [1.807, 2.05) is 21.1 Å². The van der Waals surface area contributed by atoms with Gasteiger partial charge >= 0.3 is 7.82 Å². The van der Waals surface area contributed by atoms with E-state index < -0.39 is 20.0 Å². The van der Waals surface area contributed by atoms with Crippen LogP contribution in [0.5, 0.6) is 0 Å². The van der Waals surface area contributed by atoms with Crippen LogP contribution in [0.2, 0.25) is 0 Å². The Hall–Kier alpha value is -0.760. The molecule has 0 aliphatic heterocycles. The first-order valence-electron chi connectivity index (χ1n) is 33.6. The minimum absolute atomic E-state index is 0.0776. The van der Waals surface area contributed by atoms with Gasteiger partial charge in [0.25, 0.3) is 0 Å². The lowest BCUT2D eigenvalue weighted by atomic mass is 10.0. The van der Waals surface area contributed by atoms with E-state index in [0.29, 0.717) is 23.9 Å². The third kappa shape index (κ3) is 60.7. The molecule has 0 aliphatic rings. The van der Waals surface area contributed by atoms with Crippen molar-refractivity contribution in [3.8, 4) is 0 Å². The molecule has 0 aromatic rings. The third-order valence-corrected chi connectivity index (χ3v) is 16.7. The van der Waals surface area contributed by atoms with Crippen LogP contribution in [-0.4, -0.2) is 73.4 Å². The minimum Gasteiger partial charge on any atom is -0.391 e. The molecule has 0 bridgehead atoms. The number of unbranched alkanes of at least 4 members (excludes halogenated alkanes) is 48. The number of rotatable bonds is 63. The Bertz CT molecular complexity index is 1230. The number of carbonyl (C=O) groups excluding carboxylic acids is 1. The molecule has 448 valence electrons. The summed E-state index contributed by atoms with van der Waals surface area (Å²) in [4.78, 5) is 23.4. The second kappa shape index (κ2) is 57.9. The highest BCUT2D eigenvalue weighted by Crippen LogP contribution is 2.43. The first-order chi connectivity index (χ1) is 36.5. The zero-order valence-corrected chi connectivity index (χ0v) is 52.2. The number of amides is 1. The SMILES string of the molecule is CCCCCCCCCCCCCC/C=C\CCCCCCCCCCCCCCC(=O)NC(COP(=O)(O)OCC[N+](C)(C)C)C(O)CCCCCCCCCCCCCCCCCCCCCCCCCCC. The maximum absolute atomic E-state index is 13.1. The number of quaternary nitrogens is 1. The molecule has 3 atom stereocenters. The van der Waals surface area contributed by atoms with Crippen LogP contribution in [0, 0.1) is 0 Å². The van der Waals surface area contributed by atoms with Crippen LogP contribution in [0.1, 0.15) is 354 Å². The largest absolute Gasteiger partial charge is 0.472 e. The van der Waals surface area contributed by atoms with Gasteiger partial charge in [-0.15, -0.1) is 0 Å². The molecule has 0 aromatic heterocycles. The smallest absolute Gasteiger partial charge is 0.391 e. The highest BCUT2D eigenvalue weighted by molar-refractivity contribution is 7.47. The van der Waals surface area contributed by atoms with Crippen LogP contribution >= 0.6 is 7.82 Å². The zero-order valence-electron chi connectivity index (χ0n) is 51.3. The van der Waals surface area contributed by atoms with Crippen molar-refractivity contribution in [2.75, 3.05) is 40.9 Å². The van der Waals surface area contributed by atoms with E-state index in [0.717, 1.165) is 38.5 Å². The van der Waals surface area contributed by atoms with E-state index in [1.165, 1.54) is 289 Å². The summed E-state index contributed by atoms with van der Waals surface area (Å²) in [5, 5.41) is 14.1. The summed E-state index contributed by atoms with van der Waals surface area (Å²) in [5.41, 5.74) is 0. The molecule has 8 nitrogen and oxygen atoms in total. The van der Waals surface area contributed by atoms with Gasteiger partial charge in [-0.3, -0.25) is 13.8 Å². The molecule has 3 unspecified atom stereocenters. The van der Waals surface area contributed by atoms with Crippen molar-refractivity contribution in [3.63, 3.8) is 0 Å². The first kappa shape index (κ1) is 74.2. The molecule has 0 fully saturated rings. The predicted octanol–water partition coefficient (Wildman–Crippen LogP) is 20.9. The molecule has 0 saturated heterocycles. The van der Waals surface area contributed by atoms with Crippen LogP contribution < -0.4 is 5.32 Å². The van der Waals surface area contributed by atoms with Crippen molar-refractivity contribution >= 4 is 13.7 Å². The molecular weight excluding hydrogens is 948 g/mol. The minimum atomic E-state index is -4.33. The van der Waals surface area contributed by atoms with Gasteiger partial charge in [0, 0.05) is 6.42 Å². The maximum Gasteiger partial charge on any atom is 0.472 e. The maximum atomic E-state index is 13.1. The zero-order chi connectivity index (χ0) is 54.9. The number of allylic oxidation sites excluding steroid dienone is 2. The second-order valence-corrected chi connectivity index (χ2v) is 26.0. The fourth-order valence-electron chi connectivity index (χ4n) is 10.5. The van der Waals surface area contributed by atoms with Crippen LogP contribution in [0.3, 0.4) is 0 Å². The molecule has 0 heterocycles. The fourth-order valence-corrected chi connectivity index (χ4v) is 11.3. The number of phosphoric ester groups is 1. The second-order valence-electron chi connectivity index (χ2n) is 24.6. The molecule has 0 spiro atoms. The summed E-state index contributed by atoms with van der Waals surface area (Å²) in [6, 6.07) is -0.759. The molecule has 1 amide bonds. The lowest BCUT2D eigenvalue weighted by Gasteiger charge is -2.26. The van der Waals surface area contributed by atoms with Gasteiger partial charge < -0.3 is 19.8 Å². The van der Waals surface area contributed by atoms with Crippen LogP contribution in [-0.2, 0) is 18.4 Å². The monoisotopic (exact) mass is 1080 g/mol. The van der Waals surface area contributed by atoms with Crippen molar-refractivity contribution in [2.24, 2.45) is 0 Å². The highest BCUT2D eigenvalue weighted by Gasteiger charge is 2.28. The number of nitrogens with one attached hydrogen (secondary N) is 1. The van der Waals surface area contributed by atoms with E-state index in [-0.39, 0.29) is 19.1 Å². The molecule has 3 N–H and O–H groups in total. The van der Waals surface area contributed by atoms with Gasteiger partial charge in [0.05, 0.1) is 39.9 Å². The molecule has 0 saturated carbocycles. The van der Waals surface area contributed by atoms with Gasteiger partial charge in [-0.2, -0.15) is 0 Å². The number of hydrogen-bond donors (Lipinski definition) is 3. The standard InChI is InChI=1S/C66H133N2O6P/c1-6-8-10-12-14-16-18-20-22-24-26-28-30-32-33-34-36-38-40-42-44-46-48-50-52-54-56-58-60-66(70)67-64(63-74-75(71,72)73-62-61-68(3,4)5)65(69)59-57-55-53-51-49-47-45-43-41-39-37-35-31-29-27-25-23-21-19-17-15-13-11-9-7-2/h32-33,64-65,69H,6-31,34-63H2,1-5H3,(H-,67,70,71,72)/p+1/b33-32-. The van der Waals surface area contributed by atoms with E-state index in [2.05, 4.69) is 31.3 Å². The van der Waals surface area contributed by atoms with E-state index in [4.69, 9.17) is 9.05 Å². The Kier molecular flexibility index (Phi) is 57.3. The van der Waals surface area contributed by atoms with Gasteiger partial charge in [-0.25, -0.2) is 4.57 Å². The average Bonchev–Trinajstić information content (AvgIpc) is 3.37. The Morgan fingerprint density at radius 1 is 0.440 bits per heavy atom. The third-order valence-electron chi connectivity index (χ3n) is 15.8. The summed E-state index contributed by atoms with van der Waals surface area (Å²) in [6.07, 6.45) is 73.0. The molecule has 0 aromatic carbocycles. The van der Waals surface area contributed by atoms with E-state index in [1.54, 1.807) is 0 Å². The molecule has 0 aliphatic carbocycles. The van der Waals surface area contributed by atoms with Crippen molar-refractivity contribution in [1.82, 2.24) is 5.32 Å². The van der Waals surface area contributed by atoms with Gasteiger partial charge in [-0.05, 0) is 38.5 Å². The number of hydrogen-bond acceptors (Lipinski definition) is 5. The first-order valence-corrected chi connectivity index (χ1v) is 35.0. The van der Waals surface area contributed by atoms with Crippen molar-refractivity contribution in [1.29, 1.82) is 0 Å². The van der Waals surface area contributed by atoms with Gasteiger partial charge in [0.2, 0.25) is 5.91 Å². The lowest BCUT2D eigenvalue weighted by molar-refractivity contribution is -0.870. The van der Waals surface area contributed by atoms with Crippen LogP contribution in [0.4, 0.5) is 0 Å². The molecule has 9 heteroatoms. The van der Waals surface area contributed by atoms with Crippen molar-refractivity contribution in [2.45, 2.75) is 366 Å². The Morgan fingerprint density at radius 2 is 0.720 bits per heavy atom. The molecule has 0 radical (unpaired) electrons. The quantitative estimate of drug-likeness (QED) is 0.0243. The molecular formula is C66H134N2O6P+. The summed E-state index contributed by atoms with van der Waals surface area (Å²) in [6.45, 7) is 4.95. The van der Waals surface area contributed by atoms with Gasteiger partial charge in [0.15, 0.2) is 0 Å². The average molecular weight is 1080 g/mol. The molecule has 75 heavy (non-hydrogen) atoms. The van der Waals surface area contributed by atoms with E-state index >= 15 is 0 Å². The summed E-state index contributed by atoms with van der Waals surface area (Å²) < 4.78 is 23.9. The number of phosphoric acid groups is 1. The Labute approximate surface area is 469 Å².